The van der Waals surface area contributed by atoms with E-state index in [0.717, 1.165) is 75.3 Å². The second-order valence-electron chi connectivity index (χ2n) is 19.7. The van der Waals surface area contributed by atoms with Gasteiger partial charge in [0.15, 0.2) is 11.4 Å². The summed E-state index contributed by atoms with van der Waals surface area (Å²) in [6.07, 6.45) is 13.8. The standard InChI is InChI=1S/C50H59N7O8S/c1-31(2)40-6-3-4-7-41(40)43-8-5-19-56(43)36-27-50(28-36)16-20-55(21-17-50)35-11-14-42(45(24-35)65-38-23-33-15-18-51-48(33)52-29-38)49(59)54-66(62,63)39-25-44(57(60)61)47-46(26-39)64-30-34(53-47)22-32-9-12-37(58)13-10-32/h3-4,6-7,11,14-15,18,23-26,29,31-32,34,36-37,43,53,58H,5,8-10,12-13,16-17,19-22,27-28,30H2,1-2H3,(H,51,52)(H,54,59)/t32-,34-,37+,43+/m1/s1. The molecule has 2 aromatic heterocycles. The number of aliphatic hydroxyl groups excluding tert-OH is 1. The van der Waals surface area contributed by atoms with Crippen LogP contribution in [0, 0.1) is 21.4 Å². The Bertz CT molecular complexity index is 2740. The van der Waals surface area contributed by atoms with Crippen molar-refractivity contribution in [1.82, 2.24) is 19.6 Å². The number of nitrogens with zero attached hydrogens (tertiary/aromatic N) is 4. The van der Waals surface area contributed by atoms with Crippen LogP contribution in [0.5, 0.6) is 17.2 Å². The zero-order valence-corrected chi connectivity index (χ0v) is 38.4. The highest BCUT2D eigenvalue weighted by Gasteiger charge is 2.50. The number of nitro benzene ring substituents is 1. The topological polar surface area (TPSA) is 192 Å². The van der Waals surface area contributed by atoms with Gasteiger partial charge in [-0.1, -0.05) is 38.1 Å². The molecule has 0 radical (unpaired) electrons. The molecule has 348 valence electrons. The first-order valence-electron chi connectivity index (χ1n) is 23.6. The number of aromatic amines is 1. The molecule has 3 aliphatic heterocycles. The predicted molar refractivity (Wildman–Crippen MR) is 252 cm³/mol. The van der Waals surface area contributed by atoms with Gasteiger partial charge in [-0.3, -0.25) is 19.8 Å². The average molecular weight is 918 g/mol. The predicted octanol–water partition coefficient (Wildman–Crippen LogP) is 9.21. The van der Waals surface area contributed by atoms with E-state index < -0.39 is 31.4 Å². The minimum atomic E-state index is -4.65. The first-order valence-corrected chi connectivity index (χ1v) is 25.1. The molecular formula is C50H59N7O8S. The number of carbonyl (C=O) groups is 1. The summed E-state index contributed by atoms with van der Waals surface area (Å²) in [5.74, 6) is 0.385. The van der Waals surface area contributed by atoms with Crippen molar-refractivity contribution in [3.05, 3.63) is 106 Å². The lowest BCUT2D eigenvalue weighted by molar-refractivity contribution is -0.384. The largest absolute Gasteiger partial charge is 0.489 e. The number of ether oxygens (including phenoxy) is 2. The van der Waals surface area contributed by atoms with E-state index in [-0.39, 0.29) is 41.5 Å². The van der Waals surface area contributed by atoms with Crippen molar-refractivity contribution in [3.63, 3.8) is 0 Å². The number of H-pyrrole nitrogens is 1. The van der Waals surface area contributed by atoms with Crippen LogP contribution in [0.3, 0.4) is 0 Å². The highest BCUT2D eigenvalue weighted by atomic mass is 32.2. The molecular weight excluding hydrogens is 859 g/mol. The van der Waals surface area contributed by atoms with Crippen LogP contribution in [0.25, 0.3) is 11.0 Å². The molecule has 3 aromatic carbocycles. The van der Waals surface area contributed by atoms with Gasteiger partial charge in [0.25, 0.3) is 21.6 Å². The van der Waals surface area contributed by atoms with E-state index in [1.165, 1.54) is 42.9 Å². The molecule has 10 rings (SSSR count). The number of hydrogen-bond acceptors (Lipinski definition) is 12. The molecule has 2 saturated heterocycles. The Morgan fingerprint density at radius 3 is 2.59 bits per heavy atom. The Kier molecular flexibility index (Phi) is 11.9. The number of rotatable bonds is 12. The molecule has 5 heterocycles. The number of aliphatic hydroxyl groups is 1. The van der Waals surface area contributed by atoms with Crippen molar-refractivity contribution in [2.45, 2.75) is 120 Å². The Hall–Kier alpha value is -5.71. The van der Waals surface area contributed by atoms with Crippen molar-refractivity contribution in [2.24, 2.45) is 11.3 Å². The molecule has 4 fully saturated rings. The summed E-state index contributed by atoms with van der Waals surface area (Å²) < 4.78 is 42.4. The number of nitro groups is 1. The quantitative estimate of drug-likeness (QED) is 0.0686. The lowest BCUT2D eigenvalue weighted by Gasteiger charge is -2.56. The smallest absolute Gasteiger partial charge is 0.297 e. The number of hydrogen-bond donors (Lipinski definition) is 4. The van der Waals surface area contributed by atoms with Crippen molar-refractivity contribution < 1.29 is 32.7 Å². The van der Waals surface area contributed by atoms with Gasteiger partial charge in [-0.25, -0.2) is 18.1 Å². The highest BCUT2D eigenvalue weighted by Crippen LogP contribution is 2.54. The fourth-order valence-electron chi connectivity index (χ4n) is 11.5. The van der Waals surface area contributed by atoms with Crippen LogP contribution < -0.4 is 24.4 Å². The van der Waals surface area contributed by atoms with Gasteiger partial charge in [-0.05, 0) is 130 Å². The SMILES string of the molecule is CC(C)c1ccccc1[C@@H]1CCCN1C1CC2(CCN(c3ccc(C(=O)NS(=O)(=O)c4cc5c(c([N+](=O)[O-])c4)N[C@H](C[C@H]4CC[C@@H](O)CC4)CO5)c(Oc4cnc5[nH]ccc5c4)c3)CC2)C1. The van der Waals surface area contributed by atoms with Crippen molar-refractivity contribution in [1.29, 1.82) is 0 Å². The first-order chi connectivity index (χ1) is 31.8. The molecule has 2 atom stereocenters. The molecule has 4 N–H and O–H groups in total. The molecule has 5 aromatic rings. The minimum absolute atomic E-state index is 0.0155. The van der Waals surface area contributed by atoms with Crippen molar-refractivity contribution in [3.8, 4) is 17.2 Å². The average Bonchev–Trinajstić information content (AvgIpc) is 3.99. The number of aromatic nitrogens is 2. The number of amides is 1. The molecule has 16 heteroatoms. The van der Waals surface area contributed by atoms with Gasteiger partial charge in [0.1, 0.15) is 23.8 Å². The number of pyridine rings is 1. The number of anilines is 2. The number of likely N-dealkylation sites (tertiary alicyclic amines) is 1. The number of carbonyl (C=O) groups excluding carboxylic acids is 1. The van der Waals surface area contributed by atoms with Gasteiger partial charge in [-0.15, -0.1) is 0 Å². The van der Waals surface area contributed by atoms with E-state index in [9.17, 15) is 28.4 Å². The number of fused-ring (bicyclic) bond motifs is 2. The number of piperidine rings is 1. The van der Waals surface area contributed by atoms with Crippen LogP contribution in [-0.2, 0) is 10.0 Å². The van der Waals surface area contributed by atoms with E-state index in [0.29, 0.717) is 47.2 Å². The third-order valence-electron chi connectivity index (χ3n) is 15.1. The third kappa shape index (κ3) is 8.82. The van der Waals surface area contributed by atoms with Crippen LogP contribution in [0.1, 0.15) is 118 Å². The number of benzene rings is 3. The molecule has 1 amide bonds. The molecule has 1 spiro atoms. The molecule has 15 nitrogen and oxygen atoms in total. The van der Waals surface area contributed by atoms with Crippen LogP contribution in [-0.4, -0.2) is 83.7 Å². The van der Waals surface area contributed by atoms with Gasteiger partial charge >= 0.3 is 0 Å². The summed E-state index contributed by atoms with van der Waals surface area (Å²) >= 11 is 0. The van der Waals surface area contributed by atoms with Crippen LogP contribution in [0.2, 0.25) is 0 Å². The van der Waals surface area contributed by atoms with Crippen molar-refractivity contribution in [2.75, 3.05) is 36.5 Å². The van der Waals surface area contributed by atoms with Gasteiger partial charge in [0.2, 0.25) is 0 Å². The van der Waals surface area contributed by atoms with Crippen LogP contribution in [0.4, 0.5) is 17.1 Å². The zero-order valence-electron chi connectivity index (χ0n) is 37.6. The lowest BCUT2D eigenvalue weighted by Crippen LogP contribution is -2.54. The normalized spacial score (nSPS) is 23.2. The molecule has 5 aliphatic rings. The Morgan fingerprint density at radius 2 is 1.82 bits per heavy atom. The Labute approximate surface area is 385 Å². The van der Waals surface area contributed by atoms with E-state index in [4.69, 9.17) is 9.47 Å². The fourth-order valence-corrected chi connectivity index (χ4v) is 12.5. The Balaban J connectivity index is 0.848. The van der Waals surface area contributed by atoms with Crippen LogP contribution >= 0.6 is 0 Å². The van der Waals surface area contributed by atoms with Gasteiger partial charge in [0.05, 0.1) is 33.7 Å². The number of nitrogens with one attached hydrogen (secondary N) is 3. The van der Waals surface area contributed by atoms with E-state index in [2.05, 4.69) is 67.9 Å². The Morgan fingerprint density at radius 1 is 1.03 bits per heavy atom. The zero-order chi connectivity index (χ0) is 45.7. The van der Waals surface area contributed by atoms with E-state index in [1.54, 1.807) is 30.6 Å². The summed E-state index contributed by atoms with van der Waals surface area (Å²) in [4.78, 5) is 37.9. The van der Waals surface area contributed by atoms with Gasteiger partial charge < -0.3 is 29.8 Å². The molecule has 2 saturated carbocycles. The molecule has 2 aliphatic carbocycles. The summed E-state index contributed by atoms with van der Waals surface area (Å²) in [6.45, 7) is 7.57. The summed E-state index contributed by atoms with van der Waals surface area (Å²) in [6, 6.07) is 20.8. The molecule has 66 heavy (non-hydrogen) atoms. The molecule has 0 bridgehead atoms. The summed E-state index contributed by atoms with van der Waals surface area (Å²) in [5, 5.41) is 26.3. The van der Waals surface area contributed by atoms with Gasteiger partial charge in [-0.2, -0.15) is 0 Å². The second kappa shape index (κ2) is 17.8. The maximum Gasteiger partial charge on any atom is 0.297 e. The summed E-state index contributed by atoms with van der Waals surface area (Å²) in [7, 11) is -4.65. The van der Waals surface area contributed by atoms with E-state index >= 15 is 0 Å². The highest BCUT2D eigenvalue weighted by molar-refractivity contribution is 7.90. The fraction of sp³-hybridized carbons (Fsp3) is 0.480. The monoisotopic (exact) mass is 917 g/mol. The second-order valence-corrected chi connectivity index (χ2v) is 21.3. The maximum atomic E-state index is 14.1. The molecule has 0 unspecified atom stereocenters. The third-order valence-corrected chi connectivity index (χ3v) is 16.4. The lowest BCUT2D eigenvalue weighted by atomic mass is 9.59. The van der Waals surface area contributed by atoms with Crippen LogP contribution in [0.15, 0.2) is 84.0 Å². The number of sulfonamides is 1. The van der Waals surface area contributed by atoms with Crippen molar-refractivity contribution >= 4 is 44.0 Å². The first kappa shape index (κ1) is 44.1. The van der Waals surface area contributed by atoms with Gasteiger partial charge in [0, 0.05) is 60.6 Å². The maximum absolute atomic E-state index is 14.1. The summed E-state index contributed by atoms with van der Waals surface area (Å²) in [5.41, 5.74) is 4.36. The minimum Gasteiger partial charge on any atom is -0.489 e. The van der Waals surface area contributed by atoms with E-state index in [1.807, 2.05) is 12.1 Å².